The van der Waals surface area contributed by atoms with Crippen LogP contribution >= 0.6 is 11.3 Å². The van der Waals surface area contributed by atoms with Gasteiger partial charge in [-0.05, 0) is 50.9 Å². The number of nitrogens with one attached hydrogen (secondary N) is 2. The molecule has 0 aliphatic carbocycles. The Bertz CT molecular complexity index is 745. The zero-order valence-electron chi connectivity index (χ0n) is 15.2. The van der Waals surface area contributed by atoms with Crippen LogP contribution in [0.3, 0.4) is 0 Å². The van der Waals surface area contributed by atoms with E-state index in [9.17, 15) is 4.79 Å². The smallest absolute Gasteiger partial charge is 0.314 e. The number of piperidine rings is 2. The molecule has 0 saturated carbocycles. The number of hydrogen-bond donors (Lipinski definition) is 2. The lowest BCUT2D eigenvalue weighted by molar-refractivity contribution is -0.164. The normalized spacial score (nSPS) is 26.4. The van der Waals surface area contributed by atoms with E-state index in [0.29, 0.717) is 6.61 Å². The van der Waals surface area contributed by atoms with Crippen molar-refractivity contribution in [2.75, 3.05) is 26.2 Å². The fourth-order valence-corrected chi connectivity index (χ4v) is 5.37. The van der Waals surface area contributed by atoms with Crippen molar-refractivity contribution in [1.29, 1.82) is 0 Å². The Morgan fingerprint density at radius 3 is 3.19 bits per heavy atom. The van der Waals surface area contributed by atoms with Crippen LogP contribution in [-0.2, 0) is 16.1 Å². The first kappa shape index (κ1) is 17.7. The molecule has 2 aromatic rings. The summed E-state index contributed by atoms with van der Waals surface area (Å²) in [7, 11) is 0. The number of ether oxygens (including phenoxy) is 1. The summed E-state index contributed by atoms with van der Waals surface area (Å²) in [5, 5.41) is 10.6. The molecule has 2 aromatic heterocycles. The molecule has 0 radical (unpaired) electrons. The molecule has 4 heterocycles. The average Bonchev–Trinajstić information content (AvgIpc) is 3.33. The van der Waals surface area contributed by atoms with Gasteiger partial charge in [-0.2, -0.15) is 5.10 Å². The van der Waals surface area contributed by atoms with Crippen molar-refractivity contribution >= 4 is 17.3 Å². The molecule has 0 bridgehead atoms. The number of H-pyrrole nitrogens is 1. The van der Waals surface area contributed by atoms with Crippen LogP contribution in [0, 0.1) is 5.41 Å². The second-order valence-corrected chi connectivity index (χ2v) is 8.39. The molecule has 2 N–H and O–H groups in total. The van der Waals surface area contributed by atoms with Crippen LogP contribution in [0.15, 0.2) is 24.4 Å². The first-order valence-electron chi connectivity index (χ1n) is 9.43. The number of likely N-dealkylation sites (tertiary alicyclic amines) is 1. The maximum Gasteiger partial charge on any atom is 0.314 e. The largest absolute Gasteiger partial charge is 0.465 e. The monoisotopic (exact) mass is 374 g/mol. The van der Waals surface area contributed by atoms with Gasteiger partial charge in [0.1, 0.15) is 0 Å². The summed E-state index contributed by atoms with van der Waals surface area (Å²) in [5.41, 5.74) is 0.662. The van der Waals surface area contributed by atoms with E-state index in [2.05, 4.69) is 32.5 Å². The van der Waals surface area contributed by atoms with Gasteiger partial charge in [0.15, 0.2) is 0 Å². The summed E-state index contributed by atoms with van der Waals surface area (Å²) in [6.45, 7) is 6.02. The molecule has 26 heavy (non-hydrogen) atoms. The fourth-order valence-electron chi connectivity index (χ4n) is 4.35. The highest BCUT2D eigenvalue weighted by molar-refractivity contribution is 7.15. The second kappa shape index (κ2) is 7.50. The Kier molecular flexibility index (Phi) is 5.11. The zero-order valence-corrected chi connectivity index (χ0v) is 16.0. The van der Waals surface area contributed by atoms with E-state index < -0.39 is 5.41 Å². The lowest BCUT2D eigenvalue weighted by Gasteiger charge is -2.49. The van der Waals surface area contributed by atoms with Crippen molar-refractivity contribution in [2.45, 2.75) is 38.8 Å². The maximum absolute atomic E-state index is 12.8. The Morgan fingerprint density at radius 1 is 1.46 bits per heavy atom. The zero-order chi connectivity index (χ0) is 18.0. The summed E-state index contributed by atoms with van der Waals surface area (Å²) in [4.78, 5) is 17.8. The highest BCUT2D eigenvalue weighted by atomic mass is 32.1. The van der Waals surface area contributed by atoms with Crippen LogP contribution in [-0.4, -0.2) is 53.3 Å². The number of thiophene rings is 1. The summed E-state index contributed by atoms with van der Waals surface area (Å²) >= 11 is 1.79. The molecule has 0 amide bonds. The third-order valence-electron chi connectivity index (χ3n) is 5.59. The van der Waals surface area contributed by atoms with Gasteiger partial charge >= 0.3 is 5.97 Å². The first-order chi connectivity index (χ1) is 12.7. The number of fused-ring (bicyclic) bond motifs is 1. The average molecular weight is 375 g/mol. The van der Waals surface area contributed by atoms with Crippen molar-refractivity contribution in [3.8, 4) is 10.6 Å². The Balaban J connectivity index is 1.49. The van der Waals surface area contributed by atoms with Crippen molar-refractivity contribution < 1.29 is 9.53 Å². The quantitative estimate of drug-likeness (QED) is 0.788. The van der Waals surface area contributed by atoms with E-state index in [4.69, 9.17) is 4.74 Å². The van der Waals surface area contributed by atoms with E-state index in [0.717, 1.165) is 51.1 Å². The van der Waals surface area contributed by atoms with Crippen LogP contribution in [0.2, 0.25) is 0 Å². The van der Waals surface area contributed by atoms with Crippen molar-refractivity contribution in [3.05, 3.63) is 29.3 Å². The van der Waals surface area contributed by atoms with Gasteiger partial charge in [0.2, 0.25) is 0 Å². The van der Waals surface area contributed by atoms with Crippen molar-refractivity contribution in [1.82, 2.24) is 20.4 Å². The number of aromatic amines is 1. The molecular weight excluding hydrogens is 348 g/mol. The minimum Gasteiger partial charge on any atom is -0.465 e. The molecule has 2 fully saturated rings. The van der Waals surface area contributed by atoms with E-state index in [1.54, 1.807) is 17.5 Å². The molecule has 7 heteroatoms. The van der Waals surface area contributed by atoms with Crippen molar-refractivity contribution in [2.24, 2.45) is 5.41 Å². The lowest BCUT2D eigenvalue weighted by Crippen LogP contribution is -2.63. The summed E-state index contributed by atoms with van der Waals surface area (Å²) in [6, 6.07) is 6.56. The molecule has 2 saturated heterocycles. The van der Waals surface area contributed by atoms with Crippen molar-refractivity contribution in [3.63, 3.8) is 0 Å². The number of nitrogens with zero attached hydrogens (tertiary/aromatic N) is 2. The SMILES string of the molecule is CCOC(=O)[C@]12CCCN[C@@H]1CCN(Cc1ccc(-c3ccn[nH]3)s1)C2. The van der Waals surface area contributed by atoms with E-state index >= 15 is 0 Å². The second-order valence-electron chi connectivity index (χ2n) is 7.22. The van der Waals surface area contributed by atoms with Gasteiger partial charge in [0.25, 0.3) is 0 Å². The predicted octanol–water partition coefficient (Wildman–Crippen LogP) is 2.65. The van der Waals surface area contributed by atoms with Gasteiger partial charge in [0, 0.05) is 36.8 Å². The molecule has 6 nitrogen and oxygen atoms in total. The number of esters is 1. The van der Waals surface area contributed by atoms with Gasteiger partial charge in [-0.25, -0.2) is 0 Å². The summed E-state index contributed by atoms with van der Waals surface area (Å²) in [5.74, 6) is -0.0220. The minimum atomic E-state index is -0.393. The van der Waals surface area contributed by atoms with Crippen LogP contribution in [0.1, 0.15) is 31.1 Å². The number of hydrogen-bond acceptors (Lipinski definition) is 6. The molecule has 2 aliphatic rings. The third-order valence-corrected chi connectivity index (χ3v) is 6.69. The van der Waals surface area contributed by atoms with E-state index in [1.807, 2.05) is 13.0 Å². The van der Waals surface area contributed by atoms with Crippen LogP contribution < -0.4 is 5.32 Å². The molecule has 0 unspecified atom stereocenters. The number of carbonyl (C=O) groups excluding carboxylic acids is 1. The molecule has 4 rings (SSSR count). The molecular formula is C19H26N4O2S. The van der Waals surface area contributed by atoms with Gasteiger partial charge in [0.05, 0.1) is 22.6 Å². The summed E-state index contributed by atoms with van der Waals surface area (Å²) < 4.78 is 5.48. The van der Waals surface area contributed by atoms with E-state index in [1.165, 1.54) is 9.75 Å². The summed E-state index contributed by atoms with van der Waals surface area (Å²) in [6.07, 6.45) is 4.73. The highest BCUT2D eigenvalue weighted by Gasteiger charge is 2.51. The van der Waals surface area contributed by atoms with Gasteiger partial charge in [-0.15, -0.1) is 11.3 Å². The third kappa shape index (κ3) is 3.31. The number of carbonyl (C=O) groups is 1. The molecule has 2 aliphatic heterocycles. The lowest BCUT2D eigenvalue weighted by atomic mass is 9.70. The Labute approximate surface area is 157 Å². The van der Waals surface area contributed by atoms with Crippen LogP contribution in [0.5, 0.6) is 0 Å². The molecule has 0 aromatic carbocycles. The topological polar surface area (TPSA) is 70.2 Å². The molecule has 0 spiro atoms. The minimum absolute atomic E-state index is 0.0220. The van der Waals surface area contributed by atoms with Gasteiger partial charge in [-0.1, -0.05) is 0 Å². The van der Waals surface area contributed by atoms with Gasteiger partial charge < -0.3 is 10.1 Å². The fraction of sp³-hybridized carbons (Fsp3) is 0.579. The molecule has 140 valence electrons. The van der Waals surface area contributed by atoms with Crippen LogP contribution in [0.4, 0.5) is 0 Å². The maximum atomic E-state index is 12.8. The van der Waals surface area contributed by atoms with Gasteiger partial charge in [-0.3, -0.25) is 14.8 Å². The van der Waals surface area contributed by atoms with E-state index in [-0.39, 0.29) is 12.0 Å². The number of aromatic nitrogens is 2. The Morgan fingerprint density at radius 2 is 2.38 bits per heavy atom. The predicted molar refractivity (Wildman–Crippen MR) is 102 cm³/mol. The van der Waals surface area contributed by atoms with Crippen LogP contribution in [0.25, 0.3) is 10.6 Å². The standard InChI is InChI=1S/C19H26N4O2S/c1-2-25-18(24)19-8-3-9-20-17(19)7-11-23(13-19)12-14-4-5-16(26-14)15-6-10-21-22-15/h4-6,10,17,20H,2-3,7-9,11-13H2,1H3,(H,21,22)/t17-,19+/m1/s1. The molecule has 2 atom stereocenters. The first-order valence-corrected chi connectivity index (χ1v) is 10.2. The Hall–Kier alpha value is -1.70. The number of rotatable bonds is 5. The highest BCUT2D eigenvalue weighted by Crippen LogP contribution is 2.39.